The number of nitrogens with one attached hydrogen (secondary N) is 1. The van der Waals surface area contributed by atoms with Crippen molar-refractivity contribution < 1.29 is 14.3 Å². The summed E-state index contributed by atoms with van der Waals surface area (Å²) >= 11 is 0. The molecule has 0 bridgehead atoms. The second kappa shape index (κ2) is 10.6. The van der Waals surface area contributed by atoms with Crippen LogP contribution in [0.4, 0.5) is 0 Å². The lowest BCUT2D eigenvalue weighted by molar-refractivity contribution is -0.134. The number of carbonyl (C=O) groups is 2. The number of methoxy groups -OCH3 is 1. The van der Waals surface area contributed by atoms with Crippen LogP contribution >= 0.6 is 0 Å². The topological polar surface area (TPSA) is 58.6 Å². The van der Waals surface area contributed by atoms with E-state index in [2.05, 4.69) is 62.5 Å². The van der Waals surface area contributed by atoms with Gasteiger partial charge >= 0.3 is 0 Å². The lowest BCUT2D eigenvalue weighted by Crippen LogP contribution is -2.38. The zero-order valence-corrected chi connectivity index (χ0v) is 22.9. The molecule has 1 heterocycles. The van der Waals surface area contributed by atoms with Crippen molar-refractivity contribution in [3.8, 4) is 16.9 Å². The molecule has 2 amide bonds. The molecular weight excluding hydrogens is 472 g/mol. The zero-order chi connectivity index (χ0) is 26.9. The lowest BCUT2D eigenvalue weighted by atomic mass is 9.86. The summed E-state index contributed by atoms with van der Waals surface area (Å²) in [6.45, 7) is 8.05. The Balaban J connectivity index is 1.38. The molecule has 0 saturated heterocycles. The fourth-order valence-electron chi connectivity index (χ4n) is 5.61. The second-order valence-electron chi connectivity index (χ2n) is 11.8. The molecule has 2 aliphatic rings. The molecule has 1 aliphatic carbocycles. The Kier molecular flexibility index (Phi) is 7.29. The minimum Gasteiger partial charge on any atom is -0.497 e. The summed E-state index contributed by atoms with van der Waals surface area (Å²) in [7, 11) is 1.68. The van der Waals surface area contributed by atoms with Gasteiger partial charge in [-0.05, 0) is 69.7 Å². The first-order chi connectivity index (χ1) is 18.2. The SMILES string of the molecule is COc1cccc(-c2ccc(CNC(=O)[C@@H]3C[C@H]3c3ccccc3)c3c2CCN(C(=O)CC(C)(C)C)C3)c1. The van der Waals surface area contributed by atoms with E-state index in [9.17, 15) is 9.59 Å². The minimum atomic E-state index is -0.0594. The van der Waals surface area contributed by atoms with E-state index >= 15 is 0 Å². The van der Waals surface area contributed by atoms with Crippen LogP contribution in [0, 0.1) is 11.3 Å². The van der Waals surface area contributed by atoms with Crippen molar-refractivity contribution in [3.63, 3.8) is 0 Å². The Bertz CT molecular complexity index is 1330. The van der Waals surface area contributed by atoms with Crippen LogP contribution in [-0.2, 0) is 29.1 Å². The van der Waals surface area contributed by atoms with E-state index in [1.54, 1.807) is 7.11 Å². The number of fused-ring (bicyclic) bond motifs is 1. The van der Waals surface area contributed by atoms with Gasteiger partial charge in [0.05, 0.1) is 7.11 Å². The van der Waals surface area contributed by atoms with Gasteiger partial charge in [0.1, 0.15) is 5.75 Å². The predicted molar refractivity (Wildman–Crippen MR) is 151 cm³/mol. The van der Waals surface area contributed by atoms with Crippen molar-refractivity contribution in [2.75, 3.05) is 13.7 Å². The molecule has 0 unspecified atom stereocenters. The van der Waals surface area contributed by atoms with E-state index in [0.717, 1.165) is 35.3 Å². The maximum Gasteiger partial charge on any atom is 0.224 e. The van der Waals surface area contributed by atoms with Crippen LogP contribution in [-0.4, -0.2) is 30.4 Å². The van der Waals surface area contributed by atoms with Crippen molar-refractivity contribution in [2.24, 2.45) is 11.3 Å². The normalized spacial score (nSPS) is 18.5. The van der Waals surface area contributed by atoms with Crippen LogP contribution in [0.5, 0.6) is 5.75 Å². The van der Waals surface area contributed by atoms with Gasteiger partial charge in [-0.2, -0.15) is 0 Å². The fourth-order valence-corrected chi connectivity index (χ4v) is 5.61. The van der Waals surface area contributed by atoms with Crippen molar-refractivity contribution in [1.29, 1.82) is 0 Å². The quantitative estimate of drug-likeness (QED) is 0.418. The number of hydrogen-bond donors (Lipinski definition) is 1. The minimum absolute atomic E-state index is 0.0362. The van der Waals surface area contributed by atoms with E-state index in [-0.39, 0.29) is 23.1 Å². The van der Waals surface area contributed by atoms with Crippen molar-refractivity contribution >= 4 is 11.8 Å². The van der Waals surface area contributed by atoms with Crippen LogP contribution < -0.4 is 10.1 Å². The number of rotatable bonds is 7. The molecule has 5 nitrogen and oxygen atoms in total. The average molecular weight is 511 g/mol. The molecule has 1 N–H and O–H groups in total. The lowest BCUT2D eigenvalue weighted by Gasteiger charge is -2.33. The molecule has 198 valence electrons. The van der Waals surface area contributed by atoms with Crippen molar-refractivity contribution in [3.05, 3.63) is 89.0 Å². The standard InChI is InChI=1S/C33H38N2O3/c1-33(2,3)19-31(36)35-16-15-27-26(23-11-8-12-25(17-23)38-4)14-13-24(30(27)21-35)20-34-32(37)29-18-28(29)22-9-6-5-7-10-22/h5-14,17,28-29H,15-16,18-21H2,1-4H3,(H,34,37)/t28-,29+/m0/s1. The molecule has 1 aliphatic heterocycles. The summed E-state index contributed by atoms with van der Waals surface area (Å²) in [5.41, 5.74) is 6.97. The summed E-state index contributed by atoms with van der Waals surface area (Å²) in [5, 5.41) is 3.21. The molecular formula is C33H38N2O3. The zero-order valence-electron chi connectivity index (χ0n) is 22.9. The summed E-state index contributed by atoms with van der Waals surface area (Å²) in [6, 6.07) is 22.7. The molecule has 5 rings (SSSR count). The highest BCUT2D eigenvalue weighted by atomic mass is 16.5. The van der Waals surface area contributed by atoms with Crippen LogP contribution in [0.15, 0.2) is 66.7 Å². The highest BCUT2D eigenvalue weighted by Gasteiger charge is 2.43. The van der Waals surface area contributed by atoms with Gasteiger partial charge in [0.25, 0.3) is 0 Å². The Labute approximate surface area is 226 Å². The van der Waals surface area contributed by atoms with Gasteiger partial charge < -0.3 is 15.0 Å². The molecule has 0 radical (unpaired) electrons. The molecule has 38 heavy (non-hydrogen) atoms. The summed E-state index contributed by atoms with van der Waals surface area (Å²) in [5.74, 6) is 1.47. The van der Waals surface area contributed by atoms with Crippen LogP contribution in [0.25, 0.3) is 11.1 Å². The van der Waals surface area contributed by atoms with Gasteiger partial charge in [0.2, 0.25) is 11.8 Å². The van der Waals surface area contributed by atoms with E-state index in [0.29, 0.717) is 32.0 Å². The Morgan fingerprint density at radius 1 is 1.00 bits per heavy atom. The number of ether oxygens (including phenoxy) is 1. The molecule has 3 aromatic rings. The molecule has 0 aromatic heterocycles. The highest BCUT2D eigenvalue weighted by Crippen LogP contribution is 2.47. The highest BCUT2D eigenvalue weighted by molar-refractivity contribution is 5.83. The number of carbonyl (C=O) groups excluding carboxylic acids is 2. The molecule has 3 aromatic carbocycles. The Morgan fingerprint density at radius 3 is 2.53 bits per heavy atom. The number of benzene rings is 3. The van der Waals surface area contributed by atoms with Gasteiger partial charge in [-0.15, -0.1) is 0 Å². The molecule has 2 atom stereocenters. The third-order valence-corrected chi connectivity index (χ3v) is 7.73. The fraction of sp³-hybridized carbons (Fsp3) is 0.394. The maximum atomic E-state index is 13.1. The molecule has 0 spiro atoms. The third kappa shape index (κ3) is 5.77. The average Bonchev–Trinajstić information content (AvgIpc) is 3.72. The van der Waals surface area contributed by atoms with Gasteiger partial charge in [-0.25, -0.2) is 0 Å². The Hall–Kier alpha value is -3.60. The first-order valence-electron chi connectivity index (χ1n) is 13.6. The number of amides is 2. The van der Waals surface area contributed by atoms with Crippen molar-refractivity contribution in [1.82, 2.24) is 10.2 Å². The first-order valence-corrected chi connectivity index (χ1v) is 13.6. The van der Waals surface area contributed by atoms with Crippen LogP contribution in [0.1, 0.15) is 61.8 Å². The van der Waals surface area contributed by atoms with Gasteiger partial charge in [0, 0.05) is 32.0 Å². The summed E-state index contributed by atoms with van der Waals surface area (Å²) in [4.78, 5) is 28.2. The largest absolute Gasteiger partial charge is 0.497 e. The molecule has 1 saturated carbocycles. The monoisotopic (exact) mass is 510 g/mol. The first kappa shape index (κ1) is 26.0. The molecule has 1 fully saturated rings. The smallest absolute Gasteiger partial charge is 0.224 e. The summed E-state index contributed by atoms with van der Waals surface area (Å²) < 4.78 is 5.47. The second-order valence-corrected chi connectivity index (χ2v) is 11.8. The summed E-state index contributed by atoms with van der Waals surface area (Å²) in [6.07, 6.45) is 2.21. The van der Waals surface area contributed by atoms with E-state index < -0.39 is 0 Å². The Morgan fingerprint density at radius 2 is 1.79 bits per heavy atom. The van der Waals surface area contributed by atoms with Crippen molar-refractivity contribution in [2.45, 2.75) is 59.0 Å². The van der Waals surface area contributed by atoms with Crippen LogP contribution in [0.3, 0.4) is 0 Å². The van der Waals surface area contributed by atoms with E-state index in [4.69, 9.17) is 4.74 Å². The van der Waals surface area contributed by atoms with Gasteiger partial charge in [-0.3, -0.25) is 9.59 Å². The third-order valence-electron chi connectivity index (χ3n) is 7.73. The van der Waals surface area contributed by atoms with Gasteiger partial charge in [-0.1, -0.05) is 75.4 Å². The number of hydrogen-bond acceptors (Lipinski definition) is 3. The maximum absolute atomic E-state index is 13.1. The van der Waals surface area contributed by atoms with E-state index in [1.165, 1.54) is 16.7 Å². The molecule has 5 heteroatoms. The van der Waals surface area contributed by atoms with Gasteiger partial charge in [0.15, 0.2) is 0 Å². The van der Waals surface area contributed by atoms with Crippen LogP contribution in [0.2, 0.25) is 0 Å². The van der Waals surface area contributed by atoms with E-state index in [1.807, 2.05) is 35.2 Å². The predicted octanol–water partition coefficient (Wildman–Crippen LogP) is 6.10. The number of nitrogens with zero attached hydrogens (tertiary/aromatic N) is 1.